The molecule has 1 aliphatic rings. The average molecular weight is 339 g/mol. The van der Waals surface area contributed by atoms with E-state index >= 15 is 0 Å². The van der Waals surface area contributed by atoms with Gasteiger partial charge in [-0.3, -0.25) is 4.79 Å². The number of hydrogen-bond donors (Lipinski definition) is 2. The van der Waals surface area contributed by atoms with Gasteiger partial charge in [-0.1, -0.05) is 30.7 Å². The lowest BCUT2D eigenvalue weighted by molar-refractivity contribution is -0.121. The van der Waals surface area contributed by atoms with Crippen LogP contribution in [-0.4, -0.2) is 42.1 Å². The van der Waals surface area contributed by atoms with Gasteiger partial charge in [0.1, 0.15) is 0 Å². The van der Waals surface area contributed by atoms with Gasteiger partial charge in [0.25, 0.3) is 0 Å². The Morgan fingerprint density at radius 2 is 2.35 bits per heavy atom. The number of amides is 1. The molecule has 2 unspecified atom stereocenters. The van der Waals surface area contributed by atoms with E-state index in [1.165, 1.54) is 0 Å². The second-order valence-corrected chi connectivity index (χ2v) is 6.83. The molecule has 23 heavy (non-hydrogen) atoms. The highest BCUT2D eigenvalue weighted by Crippen LogP contribution is 2.22. The topological polar surface area (TPSA) is 52.6 Å². The Balaban J connectivity index is 1.80. The number of piperidine rings is 1. The Morgan fingerprint density at radius 1 is 1.52 bits per heavy atom. The van der Waals surface area contributed by atoms with Gasteiger partial charge in [-0.05, 0) is 49.4 Å². The van der Waals surface area contributed by atoms with E-state index in [1.807, 2.05) is 31.2 Å². The number of hydrogen-bond acceptors (Lipinski definition) is 3. The lowest BCUT2D eigenvalue weighted by Crippen LogP contribution is -2.42. The summed E-state index contributed by atoms with van der Waals surface area (Å²) in [7, 11) is 0. The zero-order chi connectivity index (χ0) is 16.7. The molecule has 1 heterocycles. The molecule has 5 heteroatoms. The highest BCUT2D eigenvalue weighted by Gasteiger charge is 2.22. The summed E-state index contributed by atoms with van der Waals surface area (Å²) in [5.41, 5.74) is 0.857. The van der Waals surface area contributed by atoms with Gasteiger partial charge in [0, 0.05) is 31.1 Å². The first-order chi connectivity index (χ1) is 11.1. The zero-order valence-corrected chi connectivity index (χ0v) is 14.6. The maximum absolute atomic E-state index is 11.6. The first-order valence-electron chi connectivity index (χ1n) is 8.51. The molecule has 2 N–H and O–H groups in total. The highest BCUT2D eigenvalue weighted by atomic mass is 35.5. The molecule has 4 nitrogen and oxygen atoms in total. The SMILES string of the molecule is CCCC(=O)NCC1CCCN(CC(O)c2cccc(Cl)c2)C1. The van der Waals surface area contributed by atoms with Crippen molar-refractivity contribution in [3.8, 4) is 0 Å². The summed E-state index contributed by atoms with van der Waals surface area (Å²) < 4.78 is 0. The molecule has 1 amide bonds. The van der Waals surface area contributed by atoms with Crippen LogP contribution < -0.4 is 5.32 Å². The average Bonchev–Trinajstić information content (AvgIpc) is 2.53. The van der Waals surface area contributed by atoms with Gasteiger partial charge in [0.05, 0.1) is 6.10 Å². The predicted molar refractivity (Wildman–Crippen MR) is 93.5 cm³/mol. The molecule has 1 aromatic rings. The number of carbonyl (C=O) groups is 1. The van der Waals surface area contributed by atoms with Crippen LogP contribution in [0.3, 0.4) is 0 Å². The number of halogens is 1. The number of nitrogens with zero attached hydrogens (tertiary/aromatic N) is 1. The van der Waals surface area contributed by atoms with E-state index in [2.05, 4.69) is 10.2 Å². The van der Waals surface area contributed by atoms with Gasteiger partial charge in [-0.15, -0.1) is 0 Å². The van der Waals surface area contributed by atoms with Crippen molar-refractivity contribution in [2.75, 3.05) is 26.2 Å². The maximum Gasteiger partial charge on any atom is 0.219 e. The van der Waals surface area contributed by atoms with E-state index in [4.69, 9.17) is 11.6 Å². The van der Waals surface area contributed by atoms with Gasteiger partial charge in [0.2, 0.25) is 5.91 Å². The largest absolute Gasteiger partial charge is 0.387 e. The summed E-state index contributed by atoms with van der Waals surface area (Å²) >= 11 is 5.99. The molecule has 128 valence electrons. The molecule has 0 aliphatic carbocycles. The summed E-state index contributed by atoms with van der Waals surface area (Å²) in [6.45, 7) is 5.28. The molecule has 0 aromatic heterocycles. The zero-order valence-electron chi connectivity index (χ0n) is 13.8. The molecule has 2 rings (SSSR count). The number of β-amino-alcohol motifs (C(OH)–C–C–N with tert-alkyl or cyclic N) is 1. The predicted octanol–water partition coefficient (Wildman–Crippen LogP) is 3.00. The molecule has 1 aliphatic heterocycles. The minimum atomic E-state index is -0.526. The molecule has 0 saturated carbocycles. The number of rotatable bonds is 7. The third-order valence-corrected chi connectivity index (χ3v) is 4.57. The van der Waals surface area contributed by atoms with Crippen LogP contribution in [0.1, 0.15) is 44.3 Å². The molecular weight excluding hydrogens is 312 g/mol. The van der Waals surface area contributed by atoms with E-state index < -0.39 is 6.10 Å². The summed E-state index contributed by atoms with van der Waals surface area (Å²) in [5, 5.41) is 14.1. The number of likely N-dealkylation sites (tertiary alicyclic amines) is 1. The maximum atomic E-state index is 11.6. The van der Waals surface area contributed by atoms with Crippen molar-refractivity contribution in [1.82, 2.24) is 10.2 Å². The normalized spacial score (nSPS) is 20.2. The minimum absolute atomic E-state index is 0.142. The molecule has 1 aromatic carbocycles. The number of aliphatic hydroxyl groups is 1. The van der Waals surface area contributed by atoms with E-state index in [0.717, 1.165) is 44.5 Å². The highest BCUT2D eigenvalue weighted by molar-refractivity contribution is 6.30. The Morgan fingerprint density at radius 3 is 3.09 bits per heavy atom. The van der Waals surface area contributed by atoms with E-state index in [0.29, 0.717) is 23.9 Å². The van der Waals surface area contributed by atoms with Crippen LogP contribution in [0.4, 0.5) is 0 Å². The van der Waals surface area contributed by atoms with E-state index in [1.54, 1.807) is 0 Å². The third-order valence-electron chi connectivity index (χ3n) is 4.33. The first kappa shape index (κ1) is 18.2. The molecule has 1 saturated heterocycles. The molecule has 1 fully saturated rings. The monoisotopic (exact) mass is 338 g/mol. The second-order valence-electron chi connectivity index (χ2n) is 6.39. The second kappa shape index (κ2) is 9.26. The quantitative estimate of drug-likeness (QED) is 0.803. The number of nitrogens with one attached hydrogen (secondary N) is 1. The van der Waals surface area contributed by atoms with Crippen LogP contribution in [0.15, 0.2) is 24.3 Å². The fourth-order valence-electron chi connectivity index (χ4n) is 3.12. The molecule has 0 bridgehead atoms. The molecule has 0 radical (unpaired) electrons. The summed E-state index contributed by atoms with van der Waals surface area (Å²) in [6, 6.07) is 7.40. The van der Waals surface area contributed by atoms with Crippen LogP contribution in [0, 0.1) is 5.92 Å². The van der Waals surface area contributed by atoms with Crippen molar-refractivity contribution < 1.29 is 9.90 Å². The van der Waals surface area contributed by atoms with Crippen molar-refractivity contribution in [3.63, 3.8) is 0 Å². The Labute approximate surface area is 143 Å². The Bertz CT molecular complexity index is 510. The van der Waals surface area contributed by atoms with Crippen molar-refractivity contribution in [2.45, 2.75) is 38.7 Å². The van der Waals surface area contributed by atoms with Crippen LogP contribution in [0.2, 0.25) is 5.02 Å². The van der Waals surface area contributed by atoms with Crippen LogP contribution >= 0.6 is 11.6 Å². The summed E-state index contributed by atoms with van der Waals surface area (Å²) in [4.78, 5) is 13.9. The lowest BCUT2D eigenvalue weighted by Gasteiger charge is -2.34. The van der Waals surface area contributed by atoms with Gasteiger partial charge >= 0.3 is 0 Å². The van der Waals surface area contributed by atoms with Gasteiger partial charge in [-0.2, -0.15) is 0 Å². The molecular formula is C18H27ClN2O2. The fourth-order valence-corrected chi connectivity index (χ4v) is 3.32. The van der Waals surface area contributed by atoms with Crippen molar-refractivity contribution in [1.29, 1.82) is 0 Å². The van der Waals surface area contributed by atoms with Crippen molar-refractivity contribution in [3.05, 3.63) is 34.9 Å². The van der Waals surface area contributed by atoms with Gasteiger partial charge < -0.3 is 15.3 Å². The lowest BCUT2D eigenvalue weighted by atomic mass is 9.97. The van der Waals surface area contributed by atoms with Crippen LogP contribution in [-0.2, 0) is 4.79 Å². The van der Waals surface area contributed by atoms with Gasteiger partial charge in [0.15, 0.2) is 0 Å². The molecule has 0 spiro atoms. The number of aliphatic hydroxyl groups excluding tert-OH is 1. The number of carbonyl (C=O) groups excluding carboxylic acids is 1. The molecule has 2 atom stereocenters. The van der Waals surface area contributed by atoms with Gasteiger partial charge in [-0.25, -0.2) is 0 Å². The van der Waals surface area contributed by atoms with E-state index in [-0.39, 0.29) is 5.91 Å². The van der Waals surface area contributed by atoms with Crippen LogP contribution in [0.5, 0.6) is 0 Å². The number of benzene rings is 1. The summed E-state index contributed by atoms with van der Waals surface area (Å²) in [6.07, 6.45) is 3.20. The summed E-state index contributed by atoms with van der Waals surface area (Å²) in [5.74, 6) is 0.611. The third kappa shape index (κ3) is 6.13. The van der Waals surface area contributed by atoms with Crippen LogP contribution in [0.25, 0.3) is 0 Å². The Hall–Kier alpha value is -1.10. The standard InChI is InChI=1S/C18H27ClN2O2/c1-2-5-18(23)20-11-14-6-4-9-21(12-14)13-17(22)15-7-3-8-16(19)10-15/h3,7-8,10,14,17,22H,2,4-6,9,11-13H2,1H3,(H,20,23). The van der Waals surface area contributed by atoms with Crippen molar-refractivity contribution >= 4 is 17.5 Å². The van der Waals surface area contributed by atoms with E-state index in [9.17, 15) is 9.90 Å². The van der Waals surface area contributed by atoms with Crippen molar-refractivity contribution in [2.24, 2.45) is 5.92 Å². The minimum Gasteiger partial charge on any atom is -0.387 e. The Kier molecular flexibility index (Phi) is 7.34. The smallest absolute Gasteiger partial charge is 0.219 e. The first-order valence-corrected chi connectivity index (χ1v) is 8.89. The fraction of sp³-hybridized carbons (Fsp3) is 0.611.